The highest BCUT2D eigenvalue weighted by molar-refractivity contribution is 7.99. The zero-order chi connectivity index (χ0) is 15.1. The van der Waals surface area contributed by atoms with E-state index in [0.717, 1.165) is 22.1 Å². The third-order valence-electron chi connectivity index (χ3n) is 2.73. The predicted molar refractivity (Wildman–Crippen MR) is 89.7 cm³/mol. The van der Waals surface area contributed by atoms with Gasteiger partial charge in [0.05, 0.1) is 23.9 Å². The molecule has 0 unspecified atom stereocenters. The molecule has 0 saturated carbocycles. The Labute approximate surface area is 134 Å². The maximum Gasteiger partial charge on any atom is 0.161 e. The van der Waals surface area contributed by atoms with Gasteiger partial charge in [0.25, 0.3) is 0 Å². The van der Waals surface area contributed by atoms with Crippen molar-refractivity contribution in [1.29, 1.82) is 0 Å². The van der Waals surface area contributed by atoms with E-state index in [1.807, 2.05) is 49.4 Å². The molecule has 3 nitrogen and oxygen atoms in total. The molecule has 0 atom stereocenters. The van der Waals surface area contributed by atoms with Gasteiger partial charge in [0.15, 0.2) is 11.5 Å². The number of ether oxygens (including phenoxy) is 2. The molecule has 0 bridgehead atoms. The summed E-state index contributed by atoms with van der Waals surface area (Å²) in [6.07, 6.45) is 0. The highest BCUT2D eigenvalue weighted by atomic mass is 35.5. The van der Waals surface area contributed by atoms with Crippen molar-refractivity contribution < 1.29 is 9.47 Å². The molecule has 0 aromatic heterocycles. The van der Waals surface area contributed by atoms with Crippen LogP contribution in [0.5, 0.6) is 11.5 Å². The fourth-order valence-electron chi connectivity index (χ4n) is 1.75. The van der Waals surface area contributed by atoms with E-state index < -0.39 is 0 Å². The molecular weight excluding hydrogens is 306 g/mol. The number of hydrogen-bond donors (Lipinski definition) is 1. The summed E-state index contributed by atoms with van der Waals surface area (Å²) in [5.41, 5.74) is 6.28. The monoisotopic (exact) mass is 323 g/mol. The molecule has 0 aliphatic heterocycles. The van der Waals surface area contributed by atoms with Crippen molar-refractivity contribution in [2.75, 3.05) is 24.7 Å². The minimum absolute atomic E-state index is 0.586. The first-order valence-electron chi connectivity index (χ1n) is 6.73. The van der Waals surface area contributed by atoms with Crippen LogP contribution in [-0.4, -0.2) is 19.0 Å². The molecule has 2 N–H and O–H groups in total. The van der Waals surface area contributed by atoms with Crippen molar-refractivity contribution in [1.82, 2.24) is 0 Å². The number of anilines is 1. The first kappa shape index (κ1) is 15.9. The number of hydrogen-bond acceptors (Lipinski definition) is 4. The molecule has 0 radical (unpaired) electrons. The third-order valence-corrected chi connectivity index (χ3v) is 4.02. The van der Waals surface area contributed by atoms with E-state index in [2.05, 4.69) is 0 Å². The maximum absolute atomic E-state index is 5.99. The standard InChI is InChI=1S/C16H18ClNO2S/c1-2-19-15-5-3-4-6-16(15)20-9-10-21-12-7-8-14(18)13(17)11-12/h3-8,11H,2,9-10,18H2,1H3. The van der Waals surface area contributed by atoms with Crippen molar-refractivity contribution in [3.8, 4) is 11.5 Å². The molecular formula is C16H18ClNO2S. The first-order valence-corrected chi connectivity index (χ1v) is 8.09. The molecule has 0 aliphatic carbocycles. The van der Waals surface area contributed by atoms with Crippen LogP contribution in [0.25, 0.3) is 0 Å². The van der Waals surface area contributed by atoms with Crippen LogP contribution in [0.4, 0.5) is 5.69 Å². The summed E-state index contributed by atoms with van der Waals surface area (Å²) in [5.74, 6) is 2.37. The Morgan fingerprint density at radius 2 is 1.81 bits per heavy atom. The van der Waals surface area contributed by atoms with E-state index in [9.17, 15) is 0 Å². The van der Waals surface area contributed by atoms with E-state index in [1.165, 1.54) is 0 Å². The summed E-state index contributed by atoms with van der Waals surface area (Å²) < 4.78 is 11.3. The zero-order valence-corrected chi connectivity index (χ0v) is 13.4. The molecule has 0 aliphatic rings. The zero-order valence-electron chi connectivity index (χ0n) is 11.8. The van der Waals surface area contributed by atoms with Gasteiger partial charge in [0.1, 0.15) is 0 Å². The molecule has 2 rings (SSSR count). The summed E-state index contributed by atoms with van der Waals surface area (Å²) in [6.45, 7) is 3.17. The number of rotatable bonds is 7. The van der Waals surface area contributed by atoms with Crippen LogP contribution < -0.4 is 15.2 Å². The summed E-state index contributed by atoms with van der Waals surface area (Å²) in [5, 5.41) is 0.586. The summed E-state index contributed by atoms with van der Waals surface area (Å²) in [4.78, 5) is 1.08. The molecule has 0 heterocycles. The highest BCUT2D eigenvalue weighted by Crippen LogP contribution is 2.28. The fraction of sp³-hybridized carbons (Fsp3) is 0.250. The van der Waals surface area contributed by atoms with Crippen LogP contribution >= 0.6 is 23.4 Å². The lowest BCUT2D eigenvalue weighted by atomic mass is 10.3. The van der Waals surface area contributed by atoms with Crippen LogP contribution in [-0.2, 0) is 0 Å². The minimum Gasteiger partial charge on any atom is -0.490 e. The van der Waals surface area contributed by atoms with E-state index >= 15 is 0 Å². The Balaban J connectivity index is 1.83. The van der Waals surface area contributed by atoms with Gasteiger partial charge in [-0.3, -0.25) is 0 Å². The Morgan fingerprint density at radius 3 is 2.48 bits per heavy atom. The summed E-state index contributed by atoms with van der Waals surface area (Å²) in [7, 11) is 0. The van der Waals surface area contributed by atoms with Crippen LogP contribution in [0, 0.1) is 0 Å². The van der Waals surface area contributed by atoms with Crippen molar-refractivity contribution in [2.45, 2.75) is 11.8 Å². The molecule has 21 heavy (non-hydrogen) atoms. The molecule has 0 amide bonds. The Kier molecular flexibility index (Phi) is 6.08. The fourth-order valence-corrected chi connectivity index (χ4v) is 2.77. The molecule has 112 valence electrons. The average Bonchev–Trinajstić information content (AvgIpc) is 2.49. The highest BCUT2D eigenvalue weighted by Gasteiger charge is 2.04. The van der Waals surface area contributed by atoms with Crippen molar-refractivity contribution in [3.63, 3.8) is 0 Å². The Morgan fingerprint density at radius 1 is 1.10 bits per heavy atom. The van der Waals surface area contributed by atoms with Crippen LogP contribution in [0.15, 0.2) is 47.4 Å². The number of para-hydroxylation sites is 2. The number of thioether (sulfide) groups is 1. The van der Waals surface area contributed by atoms with E-state index in [0.29, 0.717) is 23.9 Å². The molecule has 2 aromatic rings. The van der Waals surface area contributed by atoms with Crippen LogP contribution in [0.2, 0.25) is 5.02 Å². The minimum atomic E-state index is 0.586. The molecule has 0 fully saturated rings. The van der Waals surface area contributed by atoms with Gasteiger partial charge in [-0.15, -0.1) is 11.8 Å². The average molecular weight is 324 g/mol. The van der Waals surface area contributed by atoms with Gasteiger partial charge < -0.3 is 15.2 Å². The van der Waals surface area contributed by atoms with Gasteiger partial charge in [-0.25, -0.2) is 0 Å². The first-order chi connectivity index (χ1) is 10.2. The normalized spacial score (nSPS) is 10.4. The lowest BCUT2D eigenvalue weighted by Crippen LogP contribution is -2.02. The lowest BCUT2D eigenvalue weighted by Gasteiger charge is -2.11. The van der Waals surface area contributed by atoms with E-state index in [1.54, 1.807) is 11.8 Å². The second kappa shape index (κ2) is 8.05. The van der Waals surface area contributed by atoms with Gasteiger partial charge in [-0.2, -0.15) is 0 Å². The van der Waals surface area contributed by atoms with Crippen molar-refractivity contribution >= 4 is 29.1 Å². The second-order valence-corrected chi connectivity index (χ2v) is 5.84. The van der Waals surface area contributed by atoms with Crippen LogP contribution in [0.1, 0.15) is 6.92 Å². The summed E-state index contributed by atoms with van der Waals surface area (Å²) >= 11 is 7.67. The largest absolute Gasteiger partial charge is 0.490 e. The number of nitrogen functional groups attached to an aromatic ring is 1. The lowest BCUT2D eigenvalue weighted by molar-refractivity contribution is 0.289. The molecule has 0 spiro atoms. The molecule has 5 heteroatoms. The third kappa shape index (κ3) is 4.76. The van der Waals surface area contributed by atoms with Crippen molar-refractivity contribution in [2.24, 2.45) is 0 Å². The summed E-state index contributed by atoms with van der Waals surface area (Å²) in [6, 6.07) is 13.3. The molecule has 0 saturated heterocycles. The van der Waals surface area contributed by atoms with E-state index in [4.69, 9.17) is 26.8 Å². The SMILES string of the molecule is CCOc1ccccc1OCCSc1ccc(N)c(Cl)c1. The number of nitrogens with two attached hydrogens (primary N) is 1. The Hall–Kier alpha value is -1.52. The Bertz CT molecular complexity index is 592. The van der Waals surface area contributed by atoms with Gasteiger partial charge >= 0.3 is 0 Å². The number of benzene rings is 2. The molecule has 2 aromatic carbocycles. The maximum atomic E-state index is 5.99. The van der Waals surface area contributed by atoms with Crippen LogP contribution in [0.3, 0.4) is 0 Å². The number of halogens is 1. The second-order valence-electron chi connectivity index (χ2n) is 4.26. The van der Waals surface area contributed by atoms with Crippen molar-refractivity contribution in [3.05, 3.63) is 47.5 Å². The topological polar surface area (TPSA) is 44.5 Å². The van der Waals surface area contributed by atoms with E-state index in [-0.39, 0.29) is 0 Å². The predicted octanol–water partition coefficient (Wildman–Crippen LogP) is 4.49. The van der Waals surface area contributed by atoms with Gasteiger partial charge in [0, 0.05) is 10.6 Å². The van der Waals surface area contributed by atoms with Gasteiger partial charge in [-0.05, 0) is 37.3 Å². The van der Waals surface area contributed by atoms with Gasteiger partial charge in [0.2, 0.25) is 0 Å². The van der Waals surface area contributed by atoms with Gasteiger partial charge in [-0.1, -0.05) is 23.7 Å². The smallest absolute Gasteiger partial charge is 0.161 e. The quantitative estimate of drug-likeness (QED) is 0.463.